The average Bonchev–Trinajstić information content (AvgIpc) is 2.23. The zero-order valence-corrected chi connectivity index (χ0v) is 12.4. The van der Waals surface area contributed by atoms with Crippen LogP contribution in [-0.2, 0) is 9.59 Å². The molecule has 4 saturated carbocycles. The molecule has 4 bridgehead atoms. The van der Waals surface area contributed by atoms with Crippen LogP contribution in [0, 0.1) is 22.7 Å². The van der Waals surface area contributed by atoms with E-state index in [1.54, 1.807) is 6.92 Å². The summed E-state index contributed by atoms with van der Waals surface area (Å²) in [5.74, 6) is 0.716. The van der Waals surface area contributed by atoms with Crippen LogP contribution >= 0.6 is 0 Å². The maximum absolute atomic E-state index is 11.4. The lowest BCUT2D eigenvalue weighted by Crippen LogP contribution is -2.59. The normalized spacial score (nSPS) is 43.3. The van der Waals surface area contributed by atoms with Crippen molar-refractivity contribution in [3.8, 4) is 0 Å². The van der Waals surface area contributed by atoms with Gasteiger partial charge in [0.2, 0.25) is 5.91 Å². The van der Waals surface area contributed by atoms with E-state index in [4.69, 9.17) is 0 Å². The quantitative estimate of drug-likeness (QED) is 0.831. The van der Waals surface area contributed by atoms with E-state index in [-0.39, 0.29) is 22.8 Å². The van der Waals surface area contributed by atoms with Crippen molar-refractivity contribution in [3.63, 3.8) is 0 Å². The van der Waals surface area contributed by atoms with Crippen LogP contribution in [0.2, 0.25) is 0 Å². The molecular formula is C16H25NO3. The molecule has 0 aromatic carbocycles. The molecule has 4 fully saturated rings. The smallest absolute Gasteiger partial charge is 0.303 e. The molecule has 0 aromatic heterocycles. The Bertz CT molecular complexity index is 431. The predicted molar refractivity (Wildman–Crippen MR) is 75.1 cm³/mol. The number of aliphatic carboxylic acids is 1. The van der Waals surface area contributed by atoms with E-state index in [9.17, 15) is 14.7 Å². The van der Waals surface area contributed by atoms with Gasteiger partial charge in [0.25, 0.3) is 0 Å². The largest absolute Gasteiger partial charge is 0.481 e. The number of carbonyl (C=O) groups is 2. The third-order valence-electron chi connectivity index (χ3n) is 6.09. The minimum atomic E-state index is -0.658. The highest BCUT2D eigenvalue weighted by molar-refractivity contribution is 5.73. The lowest BCUT2D eigenvalue weighted by molar-refractivity contribution is -0.157. The number of carbonyl (C=O) groups excluding carboxylic acids is 1. The van der Waals surface area contributed by atoms with Gasteiger partial charge < -0.3 is 10.4 Å². The summed E-state index contributed by atoms with van der Waals surface area (Å²) in [6.07, 6.45) is 7.10. The van der Waals surface area contributed by atoms with Crippen molar-refractivity contribution in [2.45, 2.75) is 64.8 Å². The zero-order valence-electron chi connectivity index (χ0n) is 12.4. The molecule has 0 saturated heterocycles. The Morgan fingerprint density at radius 3 is 2.35 bits per heavy atom. The molecule has 0 heterocycles. The molecule has 2 N–H and O–H groups in total. The maximum atomic E-state index is 11.4. The van der Waals surface area contributed by atoms with Gasteiger partial charge in [-0.05, 0) is 68.1 Å². The van der Waals surface area contributed by atoms with Crippen molar-refractivity contribution in [1.29, 1.82) is 0 Å². The summed E-state index contributed by atoms with van der Waals surface area (Å²) < 4.78 is 0. The van der Waals surface area contributed by atoms with Gasteiger partial charge in [0, 0.05) is 13.0 Å². The Morgan fingerprint density at radius 1 is 1.25 bits per heavy atom. The van der Waals surface area contributed by atoms with Crippen molar-refractivity contribution in [1.82, 2.24) is 5.32 Å². The third kappa shape index (κ3) is 2.23. The van der Waals surface area contributed by atoms with Crippen LogP contribution in [0.1, 0.15) is 58.8 Å². The Kier molecular flexibility index (Phi) is 3.11. The van der Waals surface area contributed by atoms with Gasteiger partial charge in [-0.25, -0.2) is 0 Å². The first-order chi connectivity index (χ1) is 9.32. The molecule has 0 aliphatic heterocycles. The number of nitrogens with one attached hydrogen (secondary N) is 1. The lowest BCUT2D eigenvalue weighted by Gasteiger charge is -2.63. The molecule has 4 heteroatoms. The van der Waals surface area contributed by atoms with Crippen LogP contribution < -0.4 is 5.32 Å². The highest BCUT2D eigenvalue weighted by Crippen LogP contribution is 2.67. The summed E-state index contributed by atoms with van der Waals surface area (Å²) >= 11 is 0. The molecule has 3 atom stereocenters. The molecule has 0 unspecified atom stereocenters. The molecule has 0 radical (unpaired) electrons. The average molecular weight is 279 g/mol. The lowest BCUT2D eigenvalue weighted by atomic mass is 9.42. The molecule has 20 heavy (non-hydrogen) atoms. The number of carboxylic acid groups (broad SMARTS) is 1. The standard InChI is InChI=1S/C16H25NO3/c1-10(17-11(2)18)16-6-12-3-13(7-16)5-15(4-12,9-16)8-14(19)20/h10,12-13H,3-9H2,1-2H3,(H,17,18)(H,19,20)/t10-,12+,13+,15?,16?/m0/s1. The van der Waals surface area contributed by atoms with E-state index in [0.717, 1.165) is 19.3 Å². The summed E-state index contributed by atoms with van der Waals surface area (Å²) in [6.45, 7) is 3.69. The minimum absolute atomic E-state index is 0.00262. The summed E-state index contributed by atoms with van der Waals surface area (Å²) in [7, 11) is 0. The first-order valence-electron chi connectivity index (χ1n) is 7.81. The van der Waals surface area contributed by atoms with Crippen LogP contribution in [0.4, 0.5) is 0 Å². The van der Waals surface area contributed by atoms with Crippen LogP contribution in [0.3, 0.4) is 0 Å². The molecule has 1 amide bonds. The van der Waals surface area contributed by atoms with Crippen LogP contribution in [-0.4, -0.2) is 23.0 Å². The molecule has 0 spiro atoms. The molecule has 4 rings (SSSR count). The van der Waals surface area contributed by atoms with Crippen molar-refractivity contribution in [2.75, 3.05) is 0 Å². The van der Waals surface area contributed by atoms with E-state index in [1.807, 2.05) is 0 Å². The van der Waals surface area contributed by atoms with E-state index < -0.39 is 5.97 Å². The molecule has 4 nitrogen and oxygen atoms in total. The van der Waals surface area contributed by atoms with Gasteiger partial charge in [-0.15, -0.1) is 0 Å². The maximum Gasteiger partial charge on any atom is 0.303 e. The zero-order chi connectivity index (χ0) is 14.5. The Labute approximate surface area is 120 Å². The summed E-state index contributed by atoms with van der Waals surface area (Å²) in [5, 5.41) is 12.4. The number of hydrogen-bond donors (Lipinski definition) is 2. The SMILES string of the molecule is CC(=O)N[C@@H](C)C12C[C@@H]3C[C@H](CC(CC(=O)O)(C3)C1)C2. The summed E-state index contributed by atoms with van der Waals surface area (Å²) in [4.78, 5) is 22.7. The van der Waals surface area contributed by atoms with Gasteiger partial charge >= 0.3 is 5.97 Å². The van der Waals surface area contributed by atoms with Gasteiger partial charge in [0.1, 0.15) is 0 Å². The second kappa shape index (κ2) is 4.47. The minimum Gasteiger partial charge on any atom is -0.481 e. The molecule has 0 aromatic rings. The fraction of sp³-hybridized carbons (Fsp3) is 0.875. The predicted octanol–water partition coefficient (Wildman–Crippen LogP) is 2.57. The van der Waals surface area contributed by atoms with Crippen LogP contribution in [0.25, 0.3) is 0 Å². The van der Waals surface area contributed by atoms with Gasteiger partial charge in [-0.1, -0.05) is 0 Å². The molecule has 112 valence electrons. The van der Waals surface area contributed by atoms with Gasteiger partial charge in [-0.3, -0.25) is 9.59 Å². The first-order valence-corrected chi connectivity index (χ1v) is 7.81. The monoisotopic (exact) mass is 279 g/mol. The fourth-order valence-corrected chi connectivity index (χ4v) is 6.02. The van der Waals surface area contributed by atoms with E-state index in [0.29, 0.717) is 18.3 Å². The number of amides is 1. The van der Waals surface area contributed by atoms with Crippen molar-refractivity contribution in [2.24, 2.45) is 22.7 Å². The number of rotatable bonds is 4. The topological polar surface area (TPSA) is 66.4 Å². The summed E-state index contributed by atoms with van der Waals surface area (Å²) in [5.41, 5.74) is 0.147. The van der Waals surface area contributed by atoms with E-state index in [1.165, 1.54) is 19.3 Å². The van der Waals surface area contributed by atoms with Crippen LogP contribution in [0.5, 0.6) is 0 Å². The van der Waals surface area contributed by atoms with Gasteiger partial charge in [0.05, 0.1) is 6.42 Å². The second-order valence-electron chi connectivity index (χ2n) is 7.82. The Balaban J connectivity index is 1.86. The third-order valence-corrected chi connectivity index (χ3v) is 6.09. The summed E-state index contributed by atoms with van der Waals surface area (Å²) in [6, 6.07) is 0.166. The van der Waals surface area contributed by atoms with E-state index in [2.05, 4.69) is 12.2 Å². The number of carboxylic acids is 1. The molecular weight excluding hydrogens is 254 g/mol. The Morgan fingerprint density at radius 2 is 1.85 bits per heavy atom. The number of hydrogen-bond acceptors (Lipinski definition) is 2. The molecule has 4 aliphatic carbocycles. The highest BCUT2D eigenvalue weighted by atomic mass is 16.4. The van der Waals surface area contributed by atoms with Crippen LogP contribution in [0.15, 0.2) is 0 Å². The Hall–Kier alpha value is -1.06. The first kappa shape index (κ1) is 13.9. The van der Waals surface area contributed by atoms with Crippen molar-refractivity contribution >= 4 is 11.9 Å². The van der Waals surface area contributed by atoms with Gasteiger partial charge in [0.15, 0.2) is 0 Å². The molecule has 4 aliphatic rings. The second-order valence-corrected chi connectivity index (χ2v) is 7.82. The van der Waals surface area contributed by atoms with Crippen molar-refractivity contribution < 1.29 is 14.7 Å². The highest BCUT2D eigenvalue weighted by Gasteiger charge is 2.59. The van der Waals surface area contributed by atoms with E-state index >= 15 is 0 Å². The van der Waals surface area contributed by atoms with Crippen molar-refractivity contribution in [3.05, 3.63) is 0 Å². The fourth-order valence-electron chi connectivity index (χ4n) is 6.02. The van der Waals surface area contributed by atoms with Gasteiger partial charge in [-0.2, -0.15) is 0 Å².